The fourth-order valence-electron chi connectivity index (χ4n) is 2.03. The quantitative estimate of drug-likeness (QED) is 0.673. The minimum absolute atomic E-state index is 0.195. The molecule has 0 spiro atoms. The number of nitrogens with zero attached hydrogens (tertiary/aromatic N) is 1. The van der Waals surface area contributed by atoms with Crippen molar-refractivity contribution in [3.8, 4) is 5.69 Å². The summed E-state index contributed by atoms with van der Waals surface area (Å²) in [5, 5.41) is 0. The molecule has 0 saturated carbocycles. The summed E-state index contributed by atoms with van der Waals surface area (Å²) in [4.78, 5) is 23.7. The van der Waals surface area contributed by atoms with E-state index in [1.54, 1.807) is 24.3 Å². The molecule has 3 aromatic rings. The lowest BCUT2D eigenvalue weighted by molar-refractivity contribution is 0.0473. The predicted octanol–water partition coefficient (Wildman–Crippen LogP) is 3.91. The molecule has 0 saturated heterocycles. The molecule has 0 radical (unpaired) electrons. The summed E-state index contributed by atoms with van der Waals surface area (Å²) in [6.45, 7) is 0.224. The summed E-state index contributed by atoms with van der Waals surface area (Å²) in [7, 11) is 0. The highest BCUT2D eigenvalue weighted by Crippen LogP contribution is 2.18. The van der Waals surface area contributed by atoms with Gasteiger partial charge in [0.05, 0.1) is 11.3 Å². The van der Waals surface area contributed by atoms with Crippen molar-refractivity contribution in [2.24, 2.45) is 0 Å². The molecule has 0 aliphatic heterocycles. The van der Waals surface area contributed by atoms with Gasteiger partial charge in [0.2, 0.25) is 0 Å². The number of aromatic nitrogens is 1. The zero-order valence-electron chi connectivity index (χ0n) is 11.9. The third kappa shape index (κ3) is 3.70. The molecular weight excluding hydrogens is 334 g/mol. The summed E-state index contributed by atoms with van der Waals surface area (Å²) >= 11 is 6.96. The molecule has 0 N–H and O–H groups in total. The van der Waals surface area contributed by atoms with Crippen LogP contribution < -0.4 is 5.56 Å². The molecule has 23 heavy (non-hydrogen) atoms. The first kappa shape index (κ1) is 15.5. The van der Waals surface area contributed by atoms with Gasteiger partial charge in [-0.2, -0.15) is 0 Å². The highest BCUT2D eigenvalue weighted by Gasteiger charge is 2.09. The molecular formula is C17H12ClNO3S. The van der Waals surface area contributed by atoms with Gasteiger partial charge in [-0.05, 0) is 41.4 Å². The third-order valence-electron chi connectivity index (χ3n) is 3.17. The highest BCUT2D eigenvalue weighted by molar-refractivity contribution is 7.11. The lowest BCUT2D eigenvalue weighted by Gasteiger charge is -2.06. The van der Waals surface area contributed by atoms with Crippen LogP contribution in [-0.2, 0) is 11.3 Å². The summed E-state index contributed by atoms with van der Waals surface area (Å²) in [5.74, 6) is -0.406. The maximum absolute atomic E-state index is 12.0. The van der Waals surface area contributed by atoms with E-state index in [0.717, 1.165) is 17.1 Å². The lowest BCUT2D eigenvalue weighted by Crippen LogP contribution is -2.10. The van der Waals surface area contributed by atoms with Gasteiger partial charge < -0.3 is 4.74 Å². The van der Waals surface area contributed by atoms with Gasteiger partial charge in [-0.3, -0.25) is 4.79 Å². The molecule has 116 valence electrons. The second kappa shape index (κ2) is 6.81. The Kier molecular flexibility index (Phi) is 4.60. The molecule has 1 aromatic heterocycles. The summed E-state index contributed by atoms with van der Waals surface area (Å²) in [5.41, 5.74) is 1.82. The van der Waals surface area contributed by atoms with Crippen molar-refractivity contribution in [1.82, 2.24) is 3.96 Å². The van der Waals surface area contributed by atoms with Crippen LogP contribution in [-0.4, -0.2) is 9.93 Å². The number of hydrogen-bond donors (Lipinski definition) is 0. The van der Waals surface area contributed by atoms with Gasteiger partial charge in [0.15, 0.2) is 0 Å². The third-order valence-corrected chi connectivity index (χ3v) is 4.35. The molecule has 6 heteroatoms. The Bertz CT molecular complexity index is 869. The number of carbonyl (C=O) groups is 1. The molecule has 1 heterocycles. The Balaban J connectivity index is 1.70. The minimum atomic E-state index is -0.406. The van der Waals surface area contributed by atoms with Crippen LogP contribution in [0.15, 0.2) is 65.5 Å². The Labute approximate surface area is 141 Å². The van der Waals surface area contributed by atoms with Gasteiger partial charge in [0.25, 0.3) is 5.56 Å². The first-order chi connectivity index (χ1) is 11.1. The van der Waals surface area contributed by atoms with Gasteiger partial charge in [-0.1, -0.05) is 41.9 Å². The summed E-state index contributed by atoms with van der Waals surface area (Å²) in [6.07, 6.45) is 0. The molecule has 0 unspecified atom stereocenters. The van der Waals surface area contributed by atoms with E-state index in [9.17, 15) is 9.59 Å². The second-order valence-corrected chi connectivity index (χ2v) is 6.40. The van der Waals surface area contributed by atoms with Crippen molar-refractivity contribution < 1.29 is 9.53 Å². The van der Waals surface area contributed by atoms with Crippen molar-refractivity contribution in [3.05, 3.63) is 86.5 Å². The first-order valence-corrected chi connectivity index (χ1v) is 7.99. The topological polar surface area (TPSA) is 48.3 Å². The average Bonchev–Trinajstić information content (AvgIpc) is 2.92. The number of benzene rings is 2. The molecule has 0 aliphatic carbocycles. The standard InChI is InChI=1S/C17H12ClNO3S/c18-15-10-16(20)19(23-15)14-8-6-13(7-9-14)17(21)22-11-12-4-2-1-3-5-12/h1-10H,11H2. The minimum Gasteiger partial charge on any atom is -0.457 e. The lowest BCUT2D eigenvalue weighted by atomic mass is 10.2. The fourth-order valence-corrected chi connectivity index (χ4v) is 3.03. The number of ether oxygens (including phenoxy) is 1. The smallest absolute Gasteiger partial charge is 0.338 e. The zero-order valence-corrected chi connectivity index (χ0v) is 13.5. The summed E-state index contributed by atoms with van der Waals surface area (Å²) in [6, 6.07) is 17.5. The molecule has 0 bridgehead atoms. The van der Waals surface area contributed by atoms with Gasteiger partial charge in [-0.25, -0.2) is 8.75 Å². The van der Waals surface area contributed by atoms with Gasteiger partial charge in [0.1, 0.15) is 10.9 Å². The largest absolute Gasteiger partial charge is 0.457 e. The van der Waals surface area contributed by atoms with E-state index in [2.05, 4.69) is 0 Å². The molecule has 0 fully saturated rings. The molecule has 3 rings (SSSR count). The molecule has 2 aromatic carbocycles. The van der Waals surface area contributed by atoms with Crippen LogP contribution in [0.1, 0.15) is 15.9 Å². The number of carbonyl (C=O) groups excluding carboxylic acids is 1. The fraction of sp³-hybridized carbons (Fsp3) is 0.0588. The van der Waals surface area contributed by atoms with Crippen molar-refractivity contribution >= 4 is 29.1 Å². The Morgan fingerprint density at radius 2 is 1.78 bits per heavy atom. The Morgan fingerprint density at radius 1 is 1.09 bits per heavy atom. The van der Waals surface area contributed by atoms with E-state index in [0.29, 0.717) is 15.6 Å². The maximum Gasteiger partial charge on any atom is 0.338 e. The van der Waals surface area contributed by atoms with E-state index in [-0.39, 0.29) is 12.2 Å². The first-order valence-electron chi connectivity index (χ1n) is 6.84. The van der Waals surface area contributed by atoms with Crippen molar-refractivity contribution in [2.45, 2.75) is 6.61 Å². The van der Waals surface area contributed by atoms with Crippen LogP contribution >= 0.6 is 23.1 Å². The Morgan fingerprint density at radius 3 is 2.39 bits per heavy atom. The normalized spacial score (nSPS) is 10.5. The van der Waals surface area contributed by atoms with Crippen LogP contribution in [0.25, 0.3) is 5.69 Å². The average molecular weight is 346 g/mol. The molecule has 0 aliphatic rings. The number of rotatable bonds is 4. The Hall–Kier alpha value is -2.37. The van der Waals surface area contributed by atoms with E-state index in [1.807, 2.05) is 30.3 Å². The molecule has 0 amide bonds. The van der Waals surface area contributed by atoms with Crippen LogP contribution in [0.4, 0.5) is 0 Å². The van der Waals surface area contributed by atoms with Gasteiger partial charge >= 0.3 is 5.97 Å². The monoisotopic (exact) mass is 345 g/mol. The van der Waals surface area contributed by atoms with E-state index in [1.165, 1.54) is 10.0 Å². The van der Waals surface area contributed by atoms with Crippen LogP contribution in [0.5, 0.6) is 0 Å². The van der Waals surface area contributed by atoms with Crippen LogP contribution in [0, 0.1) is 0 Å². The van der Waals surface area contributed by atoms with Gasteiger partial charge in [0, 0.05) is 6.07 Å². The van der Waals surface area contributed by atoms with Crippen LogP contribution in [0.3, 0.4) is 0 Å². The van der Waals surface area contributed by atoms with Crippen molar-refractivity contribution in [3.63, 3.8) is 0 Å². The number of esters is 1. The maximum atomic E-state index is 12.0. The van der Waals surface area contributed by atoms with Crippen LogP contribution in [0.2, 0.25) is 4.34 Å². The van der Waals surface area contributed by atoms with Crippen molar-refractivity contribution in [2.75, 3.05) is 0 Å². The van der Waals surface area contributed by atoms with E-state index < -0.39 is 5.97 Å². The predicted molar refractivity (Wildman–Crippen MR) is 90.5 cm³/mol. The SMILES string of the molecule is O=C(OCc1ccccc1)c1ccc(-n2sc(Cl)cc2=O)cc1. The zero-order chi connectivity index (χ0) is 16.2. The summed E-state index contributed by atoms with van der Waals surface area (Å²) < 4.78 is 7.14. The molecule has 0 atom stereocenters. The molecule has 4 nitrogen and oxygen atoms in total. The second-order valence-electron chi connectivity index (χ2n) is 4.78. The number of hydrogen-bond acceptors (Lipinski definition) is 4. The van der Waals surface area contributed by atoms with E-state index in [4.69, 9.17) is 16.3 Å². The van der Waals surface area contributed by atoms with Crippen molar-refractivity contribution in [1.29, 1.82) is 0 Å². The van der Waals surface area contributed by atoms with E-state index >= 15 is 0 Å². The number of halogens is 1. The van der Waals surface area contributed by atoms with Gasteiger partial charge in [-0.15, -0.1) is 0 Å². The highest BCUT2D eigenvalue weighted by atomic mass is 35.5.